The average Bonchev–Trinajstić information content (AvgIpc) is 1.98. The maximum absolute atomic E-state index is 3.70. The van der Waals surface area contributed by atoms with E-state index in [1.165, 1.54) is 16.4 Å². The summed E-state index contributed by atoms with van der Waals surface area (Å²) in [6, 6.07) is 6.47. The summed E-state index contributed by atoms with van der Waals surface area (Å²) in [7, 11) is 2.74. The maximum atomic E-state index is 3.70. The third-order valence-corrected chi connectivity index (χ3v) is 2.35. The van der Waals surface area contributed by atoms with Gasteiger partial charge in [-0.2, -0.15) is 0 Å². The molecule has 1 rings (SSSR count). The summed E-state index contributed by atoms with van der Waals surface area (Å²) < 4.78 is 0. The van der Waals surface area contributed by atoms with E-state index in [-0.39, 0.29) is 0 Å². The molecule has 0 aromatic heterocycles. The lowest BCUT2D eigenvalue weighted by Gasteiger charge is -2.01. The Morgan fingerprint density at radius 1 is 1.55 bits per heavy atom. The van der Waals surface area contributed by atoms with Crippen LogP contribution in [0.25, 0.3) is 0 Å². The topological polar surface area (TPSA) is 0 Å². The molecule has 0 saturated carbocycles. The molecule has 0 aliphatic heterocycles. The normalized spacial score (nSPS) is 9.64. The van der Waals surface area contributed by atoms with Crippen LogP contribution in [0.4, 0.5) is 0 Å². The van der Waals surface area contributed by atoms with Gasteiger partial charge in [-0.15, -0.1) is 15.8 Å². The smallest absolute Gasteiger partial charge is 0.00999 e. The third-order valence-electron chi connectivity index (χ3n) is 1.72. The van der Waals surface area contributed by atoms with Crippen LogP contribution in [0.1, 0.15) is 11.1 Å². The molecule has 0 heterocycles. The summed E-state index contributed by atoms with van der Waals surface area (Å²) in [5.41, 5.74) is 2.65. The summed E-state index contributed by atoms with van der Waals surface area (Å²) in [4.78, 5) is 0. The summed E-state index contributed by atoms with van der Waals surface area (Å²) >= 11 is 0. The van der Waals surface area contributed by atoms with Gasteiger partial charge in [-0.25, -0.2) is 0 Å². The van der Waals surface area contributed by atoms with Crippen molar-refractivity contribution in [1.29, 1.82) is 0 Å². The Hall–Kier alpha value is -0.610. The largest absolute Gasteiger partial charge is 0.105 e. The van der Waals surface area contributed by atoms with Gasteiger partial charge in [0.1, 0.15) is 0 Å². The van der Waals surface area contributed by atoms with Gasteiger partial charge in [0.15, 0.2) is 0 Å². The number of aryl methyl sites for hydroxylation is 1. The van der Waals surface area contributed by atoms with Crippen LogP contribution in [0.3, 0.4) is 0 Å². The lowest BCUT2D eigenvalue weighted by atomic mass is 10.1. The van der Waals surface area contributed by atoms with Gasteiger partial charge in [0, 0.05) is 0 Å². The predicted molar refractivity (Wildman–Crippen MR) is 54.4 cm³/mol. The van der Waals surface area contributed by atoms with Crippen LogP contribution in [0, 0.1) is 6.92 Å². The fourth-order valence-electron chi connectivity index (χ4n) is 0.984. The highest BCUT2D eigenvalue weighted by Crippen LogP contribution is 2.04. The zero-order valence-corrected chi connectivity index (χ0v) is 7.96. The fourth-order valence-corrected chi connectivity index (χ4v) is 1.29. The van der Waals surface area contributed by atoms with Crippen molar-refractivity contribution in [3.8, 4) is 0 Å². The van der Waals surface area contributed by atoms with E-state index >= 15 is 0 Å². The SMILES string of the molecule is C=CCc1ccc(C)c(P)c1. The quantitative estimate of drug-likeness (QED) is 0.464. The number of hydrogen-bond acceptors (Lipinski definition) is 0. The molecule has 1 atom stereocenters. The van der Waals surface area contributed by atoms with Gasteiger partial charge in [-0.3, -0.25) is 0 Å². The fraction of sp³-hybridized carbons (Fsp3) is 0.200. The van der Waals surface area contributed by atoms with Crippen molar-refractivity contribution in [3.05, 3.63) is 42.0 Å². The van der Waals surface area contributed by atoms with Crippen molar-refractivity contribution in [2.24, 2.45) is 0 Å². The van der Waals surface area contributed by atoms with E-state index in [9.17, 15) is 0 Å². The number of allylic oxidation sites excluding steroid dienone is 1. The van der Waals surface area contributed by atoms with E-state index < -0.39 is 0 Å². The maximum Gasteiger partial charge on any atom is -0.00999 e. The average molecular weight is 164 g/mol. The van der Waals surface area contributed by atoms with Crippen molar-refractivity contribution in [2.45, 2.75) is 13.3 Å². The minimum Gasteiger partial charge on any atom is -0.105 e. The number of hydrogen-bond donors (Lipinski definition) is 0. The zero-order valence-electron chi connectivity index (χ0n) is 6.80. The second kappa shape index (κ2) is 3.69. The molecular weight excluding hydrogens is 151 g/mol. The second-order valence-electron chi connectivity index (χ2n) is 2.68. The highest BCUT2D eigenvalue weighted by atomic mass is 31.0. The van der Waals surface area contributed by atoms with Crippen LogP contribution in [-0.2, 0) is 6.42 Å². The number of rotatable bonds is 2. The monoisotopic (exact) mass is 164 g/mol. The molecule has 0 amide bonds. The van der Waals surface area contributed by atoms with Gasteiger partial charge in [0.2, 0.25) is 0 Å². The van der Waals surface area contributed by atoms with Crippen LogP contribution in [0.5, 0.6) is 0 Å². The van der Waals surface area contributed by atoms with Gasteiger partial charge >= 0.3 is 0 Å². The van der Waals surface area contributed by atoms with Gasteiger partial charge in [0.05, 0.1) is 0 Å². The third kappa shape index (κ3) is 2.17. The highest BCUT2D eigenvalue weighted by molar-refractivity contribution is 7.27. The zero-order chi connectivity index (χ0) is 8.27. The molecule has 1 aromatic carbocycles. The Labute approximate surface area is 70.5 Å². The van der Waals surface area contributed by atoms with Crippen molar-refractivity contribution < 1.29 is 0 Å². The highest BCUT2D eigenvalue weighted by Gasteiger charge is 1.93. The summed E-state index contributed by atoms with van der Waals surface area (Å²) in [6.45, 7) is 5.81. The first-order valence-corrected chi connectivity index (χ1v) is 4.27. The second-order valence-corrected chi connectivity index (χ2v) is 3.31. The first kappa shape index (κ1) is 8.49. The number of benzene rings is 1. The lowest BCUT2D eigenvalue weighted by Crippen LogP contribution is -1.97. The molecule has 0 bridgehead atoms. The Balaban J connectivity index is 2.95. The molecular formula is C10H13P. The first-order chi connectivity index (χ1) is 5.24. The Morgan fingerprint density at radius 2 is 2.27 bits per heavy atom. The molecule has 0 aliphatic rings. The van der Waals surface area contributed by atoms with Crippen molar-refractivity contribution in [2.75, 3.05) is 0 Å². The molecule has 0 fully saturated rings. The molecule has 0 nitrogen and oxygen atoms in total. The molecule has 0 radical (unpaired) electrons. The standard InChI is InChI=1S/C10H13P/c1-3-4-9-6-5-8(2)10(11)7-9/h3,5-7H,1,4,11H2,2H3. The molecule has 0 aliphatic carbocycles. The van der Waals surface area contributed by atoms with Gasteiger partial charge in [-0.1, -0.05) is 24.3 Å². The summed E-state index contributed by atoms with van der Waals surface area (Å²) in [5.74, 6) is 0. The van der Waals surface area contributed by atoms with Gasteiger partial charge in [0.25, 0.3) is 0 Å². The molecule has 1 heteroatoms. The molecule has 1 aromatic rings. The Morgan fingerprint density at radius 3 is 2.82 bits per heavy atom. The summed E-state index contributed by atoms with van der Waals surface area (Å²) in [5, 5.41) is 1.28. The van der Waals surface area contributed by atoms with E-state index in [0.29, 0.717) is 0 Å². The van der Waals surface area contributed by atoms with Crippen molar-refractivity contribution in [1.82, 2.24) is 0 Å². The van der Waals surface area contributed by atoms with Crippen molar-refractivity contribution >= 4 is 14.5 Å². The minimum atomic E-state index is 0.960. The van der Waals surface area contributed by atoms with Gasteiger partial charge < -0.3 is 0 Å². The Bertz CT molecular complexity index is 264. The molecule has 0 N–H and O–H groups in total. The van der Waals surface area contributed by atoms with Crippen LogP contribution in [0.15, 0.2) is 30.9 Å². The van der Waals surface area contributed by atoms with E-state index in [1.807, 2.05) is 6.08 Å². The van der Waals surface area contributed by atoms with E-state index in [0.717, 1.165) is 6.42 Å². The van der Waals surface area contributed by atoms with Gasteiger partial charge in [-0.05, 0) is 29.8 Å². The van der Waals surface area contributed by atoms with E-state index in [2.05, 4.69) is 40.9 Å². The minimum absolute atomic E-state index is 0.960. The molecule has 58 valence electrons. The molecule has 0 saturated heterocycles. The predicted octanol–water partition coefficient (Wildman–Crippen LogP) is 2.22. The van der Waals surface area contributed by atoms with Crippen LogP contribution in [0.2, 0.25) is 0 Å². The summed E-state index contributed by atoms with van der Waals surface area (Å²) in [6.07, 6.45) is 2.89. The van der Waals surface area contributed by atoms with Crippen molar-refractivity contribution in [3.63, 3.8) is 0 Å². The van der Waals surface area contributed by atoms with E-state index in [4.69, 9.17) is 0 Å². The van der Waals surface area contributed by atoms with Crippen LogP contribution < -0.4 is 5.30 Å². The van der Waals surface area contributed by atoms with Crippen LogP contribution >= 0.6 is 9.24 Å². The van der Waals surface area contributed by atoms with Crippen LogP contribution in [-0.4, -0.2) is 0 Å². The lowest BCUT2D eigenvalue weighted by molar-refractivity contribution is 1.27. The first-order valence-electron chi connectivity index (χ1n) is 3.70. The Kier molecular flexibility index (Phi) is 2.84. The molecule has 0 spiro atoms. The van der Waals surface area contributed by atoms with E-state index in [1.54, 1.807) is 0 Å². The molecule has 1 unspecified atom stereocenters. The molecule has 11 heavy (non-hydrogen) atoms.